The number of benzene rings is 3. The van der Waals surface area contributed by atoms with E-state index in [1.807, 2.05) is 30.5 Å². The lowest BCUT2D eigenvalue weighted by molar-refractivity contribution is -0.384. The van der Waals surface area contributed by atoms with Gasteiger partial charge in [0.25, 0.3) is 17.5 Å². The number of nitrogens with zero attached hydrogens (tertiary/aromatic N) is 3. The van der Waals surface area contributed by atoms with Crippen molar-refractivity contribution in [1.82, 2.24) is 9.88 Å². The molecule has 1 aliphatic heterocycles. The van der Waals surface area contributed by atoms with Crippen LogP contribution in [-0.4, -0.2) is 45.1 Å². The minimum atomic E-state index is -1.07. The van der Waals surface area contributed by atoms with Crippen LogP contribution in [0.4, 0.5) is 11.4 Å². The average Bonchev–Trinajstić information content (AvgIpc) is 3.45. The van der Waals surface area contributed by atoms with Gasteiger partial charge in [0.1, 0.15) is 11.1 Å². The number of hydrogen-bond acceptors (Lipinski definition) is 5. The molecule has 1 aliphatic rings. The molecule has 0 spiro atoms. The SMILES string of the molecule is O=C1CC(N(CCc2c[nH]c3ccccc23)C(=O)c2ccc(Cl)c([N+](=O)[O-])c2)C(=O)N1c1ccc(Br)cc1. The Labute approximate surface area is 230 Å². The third-order valence-corrected chi connectivity index (χ3v) is 7.38. The number of aromatic nitrogens is 1. The summed E-state index contributed by atoms with van der Waals surface area (Å²) in [6.07, 6.45) is 2.03. The monoisotopic (exact) mass is 594 g/mol. The molecule has 1 aromatic heterocycles. The van der Waals surface area contributed by atoms with Gasteiger partial charge < -0.3 is 9.88 Å². The molecule has 3 aromatic carbocycles. The van der Waals surface area contributed by atoms with E-state index >= 15 is 0 Å². The number of hydrogen-bond donors (Lipinski definition) is 1. The lowest BCUT2D eigenvalue weighted by Gasteiger charge is -2.28. The van der Waals surface area contributed by atoms with Gasteiger partial charge in [0, 0.05) is 39.7 Å². The second-order valence-corrected chi connectivity index (χ2v) is 10.1. The Bertz CT molecular complexity index is 1590. The minimum absolute atomic E-state index is 0.00219. The van der Waals surface area contributed by atoms with Gasteiger partial charge in [0.2, 0.25) is 5.91 Å². The van der Waals surface area contributed by atoms with Crippen molar-refractivity contribution in [2.45, 2.75) is 18.9 Å². The van der Waals surface area contributed by atoms with Crippen molar-refractivity contribution in [3.05, 3.63) is 104 Å². The Kier molecular flexibility index (Phi) is 7.00. The van der Waals surface area contributed by atoms with E-state index in [4.69, 9.17) is 11.6 Å². The highest BCUT2D eigenvalue weighted by Gasteiger charge is 2.44. The van der Waals surface area contributed by atoms with Gasteiger partial charge in [0.05, 0.1) is 17.0 Å². The molecular weight excluding hydrogens is 576 g/mol. The van der Waals surface area contributed by atoms with E-state index in [0.29, 0.717) is 12.1 Å². The summed E-state index contributed by atoms with van der Waals surface area (Å²) in [6, 6.07) is 17.1. The van der Waals surface area contributed by atoms with E-state index in [0.717, 1.165) is 31.9 Å². The normalized spacial score (nSPS) is 15.3. The fraction of sp³-hybridized carbons (Fsp3) is 0.148. The molecule has 5 rings (SSSR count). The Hall–Kier alpha value is -4.02. The maximum absolute atomic E-state index is 13.7. The first-order valence-corrected chi connectivity index (χ1v) is 12.8. The van der Waals surface area contributed by atoms with E-state index in [1.165, 1.54) is 17.0 Å². The van der Waals surface area contributed by atoms with E-state index < -0.39 is 34.4 Å². The summed E-state index contributed by atoms with van der Waals surface area (Å²) in [5.74, 6) is -1.57. The zero-order valence-electron chi connectivity index (χ0n) is 19.8. The van der Waals surface area contributed by atoms with Crippen LogP contribution in [0.15, 0.2) is 77.4 Å². The standard InChI is InChI=1S/C27H20BrClN4O5/c28-18-6-8-19(9-7-18)32-25(34)14-24(27(32)36)31(12-11-17-15-30-22-4-2-1-3-20(17)22)26(35)16-5-10-21(29)23(13-16)33(37)38/h1-10,13,15,24,30H,11-12,14H2. The smallest absolute Gasteiger partial charge is 0.288 e. The maximum Gasteiger partial charge on any atom is 0.288 e. The molecular formula is C27H20BrClN4O5. The molecule has 1 fully saturated rings. The number of halogens is 2. The highest BCUT2D eigenvalue weighted by atomic mass is 79.9. The summed E-state index contributed by atoms with van der Waals surface area (Å²) in [7, 11) is 0. The number of amides is 3. The molecule has 0 aliphatic carbocycles. The van der Waals surface area contributed by atoms with E-state index in [1.54, 1.807) is 24.3 Å². The summed E-state index contributed by atoms with van der Waals surface area (Å²) >= 11 is 9.29. The van der Waals surface area contributed by atoms with Gasteiger partial charge in [-0.3, -0.25) is 24.5 Å². The van der Waals surface area contributed by atoms with E-state index in [2.05, 4.69) is 20.9 Å². The highest BCUT2D eigenvalue weighted by molar-refractivity contribution is 9.10. The number of fused-ring (bicyclic) bond motifs is 1. The van der Waals surface area contributed by atoms with E-state index in [9.17, 15) is 24.5 Å². The number of carbonyl (C=O) groups is 3. The van der Waals surface area contributed by atoms with Gasteiger partial charge in [-0.1, -0.05) is 45.7 Å². The van der Waals surface area contributed by atoms with Crippen molar-refractivity contribution < 1.29 is 19.3 Å². The van der Waals surface area contributed by atoms with Crippen LogP contribution < -0.4 is 4.90 Å². The molecule has 1 unspecified atom stereocenters. The summed E-state index contributed by atoms with van der Waals surface area (Å²) in [4.78, 5) is 56.6. The Morgan fingerprint density at radius 2 is 1.87 bits per heavy atom. The molecule has 11 heteroatoms. The first-order valence-electron chi connectivity index (χ1n) is 11.7. The van der Waals surface area contributed by atoms with Crippen molar-refractivity contribution in [2.24, 2.45) is 0 Å². The molecule has 1 atom stereocenters. The number of nitrogens with one attached hydrogen (secondary N) is 1. The minimum Gasteiger partial charge on any atom is -0.361 e. The lowest BCUT2D eigenvalue weighted by atomic mass is 10.1. The number of nitro groups is 1. The van der Waals surface area contributed by atoms with Crippen molar-refractivity contribution in [1.29, 1.82) is 0 Å². The van der Waals surface area contributed by atoms with Crippen LogP contribution in [0.25, 0.3) is 10.9 Å². The number of rotatable bonds is 7. The summed E-state index contributed by atoms with van der Waals surface area (Å²) in [5, 5.41) is 12.3. The summed E-state index contributed by atoms with van der Waals surface area (Å²) < 4.78 is 0.789. The Morgan fingerprint density at radius 1 is 1.13 bits per heavy atom. The third-order valence-electron chi connectivity index (χ3n) is 6.53. The molecule has 38 heavy (non-hydrogen) atoms. The number of aromatic amines is 1. The zero-order valence-corrected chi connectivity index (χ0v) is 22.1. The predicted molar refractivity (Wildman–Crippen MR) is 146 cm³/mol. The highest BCUT2D eigenvalue weighted by Crippen LogP contribution is 2.30. The lowest BCUT2D eigenvalue weighted by Crippen LogP contribution is -2.46. The molecule has 192 valence electrons. The maximum atomic E-state index is 13.7. The summed E-state index contributed by atoms with van der Waals surface area (Å²) in [6.45, 7) is 0.106. The first kappa shape index (κ1) is 25.6. The zero-order chi connectivity index (χ0) is 27.0. The molecule has 4 aromatic rings. The van der Waals surface area contributed by atoms with Crippen LogP contribution in [0.1, 0.15) is 22.3 Å². The average molecular weight is 596 g/mol. The second kappa shape index (κ2) is 10.4. The third kappa shape index (κ3) is 4.80. The quantitative estimate of drug-likeness (QED) is 0.172. The van der Waals surface area contributed by atoms with Crippen LogP contribution in [0.5, 0.6) is 0 Å². The molecule has 1 N–H and O–H groups in total. The van der Waals surface area contributed by atoms with Gasteiger partial charge in [0.15, 0.2) is 0 Å². The molecule has 2 heterocycles. The topological polar surface area (TPSA) is 117 Å². The fourth-order valence-electron chi connectivity index (χ4n) is 4.65. The summed E-state index contributed by atoms with van der Waals surface area (Å²) in [5.41, 5.74) is 1.85. The van der Waals surface area contributed by atoms with Gasteiger partial charge in [-0.15, -0.1) is 0 Å². The van der Waals surface area contributed by atoms with Crippen LogP contribution in [0, 0.1) is 10.1 Å². The van der Waals surface area contributed by atoms with Crippen molar-refractivity contribution >= 4 is 67.5 Å². The van der Waals surface area contributed by atoms with Crippen molar-refractivity contribution in [3.8, 4) is 0 Å². The molecule has 0 saturated carbocycles. The van der Waals surface area contributed by atoms with Gasteiger partial charge in [-0.05, 0) is 54.4 Å². The first-order chi connectivity index (χ1) is 18.2. The molecule has 1 saturated heterocycles. The largest absolute Gasteiger partial charge is 0.361 e. The molecule has 0 bridgehead atoms. The Morgan fingerprint density at radius 3 is 2.61 bits per heavy atom. The van der Waals surface area contributed by atoms with Crippen LogP contribution in [0.3, 0.4) is 0 Å². The number of imide groups is 1. The second-order valence-electron chi connectivity index (χ2n) is 8.80. The van der Waals surface area contributed by atoms with Gasteiger partial charge in [-0.2, -0.15) is 0 Å². The fourth-order valence-corrected chi connectivity index (χ4v) is 5.10. The van der Waals surface area contributed by atoms with Crippen LogP contribution >= 0.6 is 27.5 Å². The predicted octanol–water partition coefficient (Wildman–Crippen LogP) is 5.51. The van der Waals surface area contributed by atoms with Crippen molar-refractivity contribution in [2.75, 3.05) is 11.4 Å². The van der Waals surface area contributed by atoms with Crippen LogP contribution in [-0.2, 0) is 16.0 Å². The van der Waals surface area contributed by atoms with Gasteiger partial charge >= 0.3 is 0 Å². The molecule has 0 radical (unpaired) electrons. The molecule has 3 amide bonds. The number of carbonyl (C=O) groups excluding carboxylic acids is 3. The van der Waals surface area contributed by atoms with Crippen LogP contribution in [0.2, 0.25) is 5.02 Å². The van der Waals surface area contributed by atoms with Gasteiger partial charge in [-0.25, -0.2) is 4.90 Å². The molecule has 9 nitrogen and oxygen atoms in total. The van der Waals surface area contributed by atoms with E-state index in [-0.39, 0.29) is 23.6 Å². The number of H-pyrrole nitrogens is 1. The number of nitro benzene ring substituents is 1. The number of anilines is 1. The Balaban J connectivity index is 1.49. The number of para-hydroxylation sites is 1. The van der Waals surface area contributed by atoms with Crippen molar-refractivity contribution in [3.63, 3.8) is 0 Å².